The smallest absolute Gasteiger partial charge is 0.268 e. The molecular formula is C12H7N5O2. The standard InChI is InChI=1S/C12H7N5O2/c1-16-10(7(4-13)5-15-16)17-11(18)8-2-3-14-6-9(8)12(17)19/h2-3,5-6H,1H3. The van der Waals surface area contributed by atoms with Gasteiger partial charge < -0.3 is 0 Å². The Labute approximate surface area is 107 Å². The van der Waals surface area contributed by atoms with Gasteiger partial charge in [-0.1, -0.05) is 0 Å². The monoisotopic (exact) mass is 253 g/mol. The summed E-state index contributed by atoms with van der Waals surface area (Å²) < 4.78 is 1.33. The third kappa shape index (κ3) is 1.37. The van der Waals surface area contributed by atoms with Gasteiger partial charge in [-0.2, -0.15) is 10.4 Å². The molecule has 2 aromatic heterocycles. The van der Waals surface area contributed by atoms with Gasteiger partial charge in [-0.05, 0) is 6.07 Å². The molecule has 19 heavy (non-hydrogen) atoms. The molecule has 7 heteroatoms. The molecule has 0 saturated carbocycles. The minimum atomic E-state index is -0.492. The number of nitriles is 1. The second-order valence-electron chi connectivity index (χ2n) is 3.98. The third-order valence-electron chi connectivity index (χ3n) is 2.93. The molecule has 3 heterocycles. The lowest BCUT2D eigenvalue weighted by atomic mass is 10.2. The second-order valence-corrected chi connectivity index (χ2v) is 3.98. The maximum atomic E-state index is 12.3. The van der Waals surface area contributed by atoms with E-state index in [0.29, 0.717) is 0 Å². The van der Waals surface area contributed by atoms with Crippen LogP contribution in [0.3, 0.4) is 0 Å². The first kappa shape index (κ1) is 11.1. The molecule has 0 bridgehead atoms. The van der Waals surface area contributed by atoms with Gasteiger partial charge in [-0.25, -0.2) is 4.90 Å². The second kappa shape index (κ2) is 3.74. The molecule has 0 atom stereocenters. The van der Waals surface area contributed by atoms with E-state index in [-0.39, 0.29) is 22.5 Å². The van der Waals surface area contributed by atoms with E-state index in [4.69, 9.17) is 5.26 Å². The Balaban J connectivity index is 2.20. The first-order chi connectivity index (χ1) is 9.15. The van der Waals surface area contributed by atoms with Gasteiger partial charge in [0.05, 0.1) is 17.3 Å². The number of fused-ring (bicyclic) bond motifs is 1. The zero-order valence-electron chi connectivity index (χ0n) is 9.86. The summed E-state index contributed by atoms with van der Waals surface area (Å²) in [4.78, 5) is 29.3. The SMILES string of the molecule is Cn1ncc(C#N)c1N1C(=O)c2ccncc2C1=O. The first-order valence-corrected chi connectivity index (χ1v) is 5.40. The average Bonchev–Trinajstić information content (AvgIpc) is 2.90. The number of aromatic nitrogens is 3. The van der Waals surface area contributed by atoms with Crippen molar-refractivity contribution < 1.29 is 9.59 Å². The van der Waals surface area contributed by atoms with Crippen molar-refractivity contribution in [3.8, 4) is 6.07 Å². The quantitative estimate of drug-likeness (QED) is 0.689. The van der Waals surface area contributed by atoms with Crippen LogP contribution in [0.15, 0.2) is 24.7 Å². The number of anilines is 1. The minimum absolute atomic E-state index is 0.171. The summed E-state index contributed by atoms with van der Waals surface area (Å²) in [5, 5.41) is 12.9. The van der Waals surface area contributed by atoms with Crippen molar-refractivity contribution in [2.45, 2.75) is 0 Å². The Hall–Kier alpha value is -3.01. The van der Waals surface area contributed by atoms with Crippen molar-refractivity contribution in [1.29, 1.82) is 5.26 Å². The number of imide groups is 1. The van der Waals surface area contributed by atoms with Crippen LogP contribution in [-0.4, -0.2) is 26.6 Å². The van der Waals surface area contributed by atoms with Crippen LogP contribution in [0.2, 0.25) is 0 Å². The van der Waals surface area contributed by atoms with E-state index < -0.39 is 11.8 Å². The summed E-state index contributed by atoms with van der Waals surface area (Å²) in [6.07, 6.45) is 4.11. The molecule has 0 aliphatic carbocycles. The summed E-state index contributed by atoms with van der Waals surface area (Å²) in [6, 6.07) is 3.40. The molecule has 92 valence electrons. The van der Waals surface area contributed by atoms with E-state index in [0.717, 1.165) is 4.90 Å². The van der Waals surface area contributed by atoms with Gasteiger partial charge in [-0.3, -0.25) is 19.3 Å². The Morgan fingerprint density at radius 3 is 2.63 bits per heavy atom. The van der Waals surface area contributed by atoms with E-state index in [1.54, 1.807) is 7.05 Å². The highest BCUT2D eigenvalue weighted by atomic mass is 16.2. The normalized spacial score (nSPS) is 13.6. The maximum absolute atomic E-state index is 12.3. The molecule has 7 nitrogen and oxygen atoms in total. The van der Waals surface area contributed by atoms with Crippen molar-refractivity contribution in [1.82, 2.24) is 14.8 Å². The van der Waals surface area contributed by atoms with Crippen molar-refractivity contribution >= 4 is 17.6 Å². The summed E-state index contributed by atoms with van der Waals surface area (Å²) in [6.45, 7) is 0. The fourth-order valence-electron chi connectivity index (χ4n) is 2.05. The minimum Gasteiger partial charge on any atom is -0.268 e. The molecule has 3 rings (SSSR count). The fourth-order valence-corrected chi connectivity index (χ4v) is 2.05. The molecular weight excluding hydrogens is 246 g/mol. The number of hydrogen-bond acceptors (Lipinski definition) is 5. The Kier molecular flexibility index (Phi) is 2.19. The molecule has 0 saturated heterocycles. The van der Waals surface area contributed by atoms with Crippen LogP contribution in [0.4, 0.5) is 5.82 Å². The van der Waals surface area contributed by atoms with Gasteiger partial charge >= 0.3 is 0 Å². The molecule has 0 spiro atoms. The first-order valence-electron chi connectivity index (χ1n) is 5.40. The lowest BCUT2D eigenvalue weighted by Gasteiger charge is -2.13. The van der Waals surface area contributed by atoms with E-state index in [1.807, 2.05) is 6.07 Å². The number of carbonyl (C=O) groups excluding carboxylic acids is 2. The van der Waals surface area contributed by atoms with E-state index in [1.165, 1.54) is 29.3 Å². The molecule has 0 N–H and O–H groups in total. The van der Waals surface area contributed by atoms with Gasteiger partial charge in [0, 0.05) is 19.4 Å². The lowest BCUT2D eigenvalue weighted by molar-refractivity contribution is 0.0923. The number of rotatable bonds is 1. The summed E-state index contributed by atoms with van der Waals surface area (Å²) in [5.74, 6) is -0.788. The lowest BCUT2D eigenvalue weighted by Crippen LogP contribution is -2.31. The van der Waals surface area contributed by atoms with Crippen LogP contribution in [0, 0.1) is 11.3 Å². The Morgan fingerprint density at radius 1 is 1.21 bits per heavy atom. The van der Waals surface area contributed by atoms with Crippen molar-refractivity contribution in [3.63, 3.8) is 0 Å². The van der Waals surface area contributed by atoms with Crippen LogP contribution in [0.1, 0.15) is 26.3 Å². The molecule has 0 unspecified atom stereocenters. The van der Waals surface area contributed by atoms with Crippen LogP contribution >= 0.6 is 0 Å². The van der Waals surface area contributed by atoms with Crippen LogP contribution in [0.25, 0.3) is 0 Å². The number of aryl methyl sites for hydroxylation is 1. The number of hydrogen-bond donors (Lipinski definition) is 0. The number of pyridine rings is 1. The highest BCUT2D eigenvalue weighted by Crippen LogP contribution is 2.29. The van der Waals surface area contributed by atoms with Gasteiger partial charge in [0.1, 0.15) is 11.6 Å². The van der Waals surface area contributed by atoms with Crippen molar-refractivity contribution in [3.05, 3.63) is 41.3 Å². The molecule has 1 aliphatic heterocycles. The molecule has 0 fully saturated rings. The highest BCUT2D eigenvalue weighted by Gasteiger charge is 2.39. The Morgan fingerprint density at radius 2 is 1.95 bits per heavy atom. The van der Waals surface area contributed by atoms with E-state index >= 15 is 0 Å². The van der Waals surface area contributed by atoms with Crippen molar-refractivity contribution in [2.75, 3.05) is 4.90 Å². The number of nitrogens with zero attached hydrogens (tertiary/aromatic N) is 5. The van der Waals surface area contributed by atoms with Gasteiger partial charge in [0.15, 0.2) is 5.82 Å². The van der Waals surface area contributed by atoms with Gasteiger partial charge in [-0.15, -0.1) is 0 Å². The zero-order valence-corrected chi connectivity index (χ0v) is 9.86. The van der Waals surface area contributed by atoms with Crippen LogP contribution < -0.4 is 4.90 Å². The third-order valence-corrected chi connectivity index (χ3v) is 2.93. The van der Waals surface area contributed by atoms with Crippen molar-refractivity contribution in [2.24, 2.45) is 7.05 Å². The average molecular weight is 253 g/mol. The highest BCUT2D eigenvalue weighted by molar-refractivity contribution is 6.34. The fraction of sp³-hybridized carbons (Fsp3) is 0.0833. The predicted molar refractivity (Wildman–Crippen MR) is 63.3 cm³/mol. The van der Waals surface area contributed by atoms with E-state index in [9.17, 15) is 9.59 Å². The van der Waals surface area contributed by atoms with Gasteiger partial charge in [0.2, 0.25) is 0 Å². The topological polar surface area (TPSA) is 91.9 Å². The van der Waals surface area contributed by atoms with Gasteiger partial charge in [0.25, 0.3) is 11.8 Å². The largest absolute Gasteiger partial charge is 0.268 e. The number of carbonyl (C=O) groups is 2. The molecule has 0 radical (unpaired) electrons. The van der Waals surface area contributed by atoms with Crippen LogP contribution in [0.5, 0.6) is 0 Å². The molecule has 0 aromatic carbocycles. The zero-order chi connectivity index (χ0) is 13.6. The van der Waals surface area contributed by atoms with E-state index in [2.05, 4.69) is 10.1 Å². The maximum Gasteiger partial charge on any atom is 0.268 e. The summed E-state index contributed by atoms with van der Waals surface area (Å²) in [5.41, 5.74) is 0.688. The summed E-state index contributed by atoms with van der Waals surface area (Å²) in [7, 11) is 1.57. The molecule has 2 aromatic rings. The molecule has 1 aliphatic rings. The number of amides is 2. The predicted octanol–water partition coefficient (Wildman–Crippen LogP) is 0.487. The van der Waals surface area contributed by atoms with Crippen LogP contribution in [-0.2, 0) is 7.05 Å². The molecule has 2 amide bonds. The summed E-state index contributed by atoms with van der Waals surface area (Å²) >= 11 is 0. The Bertz CT molecular complexity index is 721.